The van der Waals surface area contributed by atoms with Gasteiger partial charge in [-0.3, -0.25) is 10.1 Å². The van der Waals surface area contributed by atoms with Gasteiger partial charge in [0.1, 0.15) is 0 Å². The Balaban J connectivity index is 2.56. The summed E-state index contributed by atoms with van der Waals surface area (Å²) in [4.78, 5) is 18.5. The van der Waals surface area contributed by atoms with Gasteiger partial charge in [0.2, 0.25) is 5.88 Å². The molecule has 2 aromatic heterocycles. The van der Waals surface area contributed by atoms with Crippen LogP contribution in [-0.4, -0.2) is 22.0 Å². The van der Waals surface area contributed by atoms with Crippen molar-refractivity contribution in [1.29, 1.82) is 0 Å². The summed E-state index contributed by atoms with van der Waals surface area (Å²) >= 11 is 0. The minimum Gasteiger partial charge on any atom is -0.481 e. The molecule has 0 aliphatic carbocycles. The Kier molecular flexibility index (Phi) is 2.95. The number of methoxy groups -OCH3 is 1. The first kappa shape index (κ1) is 11.0. The van der Waals surface area contributed by atoms with Crippen LogP contribution < -0.4 is 4.74 Å². The molecule has 0 N–H and O–H groups in total. The zero-order valence-electron chi connectivity index (χ0n) is 9.03. The molecule has 0 amide bonds. The number of pyridine rings is 2. The summed E-state index contributed by atoms with van der Waals surface area (Å²) in [7, 11) is 1.49. The summed E-state index contributed by atoms with van der Waals surface area (Å²) in [5.41, 5.74) is 0.571. The molecule has 86 valence electrons. The fourth-order valence-electron chi connectivity index (χ4n) is 1.40. The molecule has 2 rings (SSSR count). The minimum absolute atomic E-state index is 0.0757. The number of aromatic nitrogens is 2. The third-order valence-corrected chi connectivity index (χ3v) is 2.16. The van der Waals surface area contributed by atoms with Crippen molar-refractivity contribution in [2.75, 3.05) is 7.11 Å². The zero-order valence-corrected chi connectivity index (χ0v) is 9.03. The highest BCUT2D eigenvalue weighted by molar-refractivity contribution is 5.66. The van der Waals surface area contributed by atoms with Gasteiger partial charge in [0.25, 0.3) is 5.69 Å². The molecule has 0 aliphatic rings. The van der Waals surface area contributed by atoms with Crippen LogP contribution in [0.1, 0.15) is 0 Å². The molecule has 0 bridgehead atoms. The summed E-state index contributed by atoms with van der Waals surface area (Å²) in [6.07, 6.45) is 1.49. The number of rotatable bonds is 3. The van der Waals surface area contributed by atoms with Gasteiger partial charge in [0.15, 0.2) is 5.69 Å². The fourth-order valence-corrected chi connectivity index (χ4v) is 1.40. The van der Waals surface area contributed by atoms with E-state index in [-0.39, 0.29) is 11.4 Å². The quantitative estimate of drug-likeness (QED) is 0.596. The number of hydrogen-bond acceptors (Lipinski definition) is 5. The van der Waals surface area contributed by atoms with Crippen molar-refractivity contribution in [2.45, 2.75) is 0 Å². The Hall–Kier alpha value is -2.50. The predicted octanol–water partition coefficient (Wildman–Crippen LogP) is 2.06. The zero-order chi connectivity index (χ0) is 12.3. The first-order valence-electron chi connectivity index (χ1n) is 4.83. The van der Waals surface area contributed by atoms with Gasteiger partial charge < -0.3 is 4.74 Å². The summed E-state index contributed by atoms with van der Waals surface area (Å²) in [5.74, 6) is 0.391. The fraction of sp³-hybridized carbons (Fsp3) is 0.0909. The van der Waals surface area contributed by atoms with Gasteiger partial charge in [-0.25, -0.2) is 9.97 Å². The predicted molar refractivity (Wildman–Crippen MR) is 60.7 cm³/mol. The van der Waals surface area contributed by atoms with Crippen LogP contribution >= 0.6 is 0 Å². The van der Waals surface area contributed by atoms with E-state index in [4.69, 9.17) is 4.74 Å². The lowest BCUT2D eigenvalue weighted by Crippen LogP contribution is -1.96. The van der Waals surface area contributed by atoms with Crippen LogP contribution in [0.25, 0.3) is 11.4 Å². The van der Waals surface area contributed by atoms with Gasteiger partial charge in [0.05, 0.1) is 17.7 Å². The van der Waals surface area contributed by atoms with E-state index in [1.54, 1.807) is 18.2 Å². The topological polar surface area (TPSA) is 78.2 Å². The Labute approximate surface area is 97.1 Å². The first-order chi connectivity index (χ1) is 8.22. The number of hydrogen-bond donors (Lipinski definition) is 0. The van der Waals surface area contributed by atoms with Crippen molar-refractivity contribution >= 4 is 5.69 Å². The maximum atomic E-state index is 10.9. The summed E-state index contributed by atoms with van der Waals surface area (Å²) in [5, 5.41) is 10.9. The molecule has 6 nitrogen and oxygen atoms in total. The molecule has 17 heavy (non-hydrogen) atoms. The van der Waals surface area contributed by atoms with Gasteiger partial charge in [-0.05, 0) is 12.1 Å². The SMILES string of the molecule is COc1cccc(-c2ncccc2[N+](=O)[O-])n1. The Morgan fingerprint density at radius 2 is 2.12 bits per heavy atom. The normalized spacial score (nSPS) is 9.94. The molecule has 0 aliphatic heterocycles. The van der Waals surface area contributed by atoms with E-state index >= 15 is 0 Å². The summed E-state index contributed by atoms with van der Waals surface area (Å²) < 4.78 is 4.97. The van der Waals surface area contributed by atoms with Crippen molar-refractivity contribution in [1.82, 2.24) is 9.97 Å². The van der Waals surface area contributed by atoms with Crippen LogP contribution in [-0.2, 0) is 0 Å². The standard InChI is InChI=1S/C11H9N3O3/c1-17-10-6-2-4-8(13-10)11-9(14(15)16)5-3-7-12-11/h2-7H,1H3. The van der Waals surface area contributed by atoms with Crippen molar-refractivity contribution in [2.24, 2.45) is 0 Å². The van der Waals surface area contributed by atoms with E-state index in [0.717, 1.165) is 0 Å². The Morgan fingerprint density at radius 3 is 2.82 bits per heavy atom. The highest BCUT2D eigenvalue weighted by atomic mass is 16.6. The van der Waals surface area contributed by atoms with E-state index in [2.05, 4.69) is 9.97 Å². The molecule has 0 atom stereocenters. The third-order valence-electron chi connectivity index (χ3n) is 2.16. The van der Waals surface area contributed by atoms with Gasteiger partial charge in [0, 0.05) is 18.3 Å². The molecular formula is C11H9N3O3. The second-order valence-corrected chi connectivity index (χ2v) is 3.19. The first-order valence-corrected chi connectivity index (χ1v) is 4.83. The second-order valence-electron chi connectivity index (χ2n) is 3.19. The highest BCUT2D eigenvalue weighted by Gasteiger charge is 2.17. The maximum absolute atomic E-state index is 10.9. The average molecular weight is 231 g/mol. The van der Waals surface area contributed by atoms with Crippen LogP contribution in [0.3, 0.4) is 0 Å². The van der Waals surface area contributed by atoms with E-state index < -0.39 is 4.92 Å². The largest absolute Gasteiger partial charge is 0.481 e. The van der Waals surface area contributed by atoms with Crippen molar-refractivity contribution in [3.05, 3.63) is 46.6 Å². The lowest BCUT2D eigenvalue weighted by atomic mass is 10.2. The molecule has 0 unspecified atom stereocenters. The van der Waals surface area contributed by atoms with Crippen LogP contribution in [0.15, 0.2) is 36.5 Å². The summed E-state index contributed by atoms with van der Waals surface area (Å²) in [6.45, 7) is 0. The lowest BCUT2D eigenvalue weighted by Gasteiger charge is -2.03. The van der Waals surface area contributed by atoms with E-state index in [1.807, 2.05) is 0 Å². The van der Waals surface area contributed by atoms with Crippen molar-refractivity contribution < 1.29 is 9.66 Å². The number of ether oxygens (including phenoxy) is 1. The molecule has 2 heterocycles. The Morgan fingerprint density at radius 1 is 1.29 bits per heavy atom. The molecule has 6 heteroatoms. The smallest absolute Gasteiger partial charge is 0.297 e. The van der Waals surface area contributed by atoms with Crippen LogP contribution in [0.2, 0.25) is 0 Å². The Bertz CT molecular complexity index is 557. The van der Waals surface area contributed by atoms with Crippen molar-refractivity contribution in [3.8, 4) is 17.3 Å². The highest BCUT2D eigenvalue weighted by Crippen LogP contribution is 2.26. The van der Waals surface area contributed by atoms with E-state index in [9.17, 15) is 10.1 Å². The van der Waals surface area contributed by atoms with E-state index in [0.29, 0.717) is 11.6 Å². The molecule has 0 fully saturated rings. The van der Waals surface area contributed by atoms with Crippen molar-refractivity contribution in [3.63, 3.8) is 0 Å². The second kappa shape index (κ2) is 4.56. The van der Waals surface area contributed by atoms with Crippen LogP contribution in [0.4, 0.5) is 5.69 Å². The molecule has 2 aromatic rings. The van der Waals surface area contributed by atoms with Gasteiger partial charge in [-0.15, -0.1) is 0 Å². The molecule has 0 radical (unpaired) electrons. The molecule has 0 saturated heterocycles. The van der Waals surface area contributed by atoms with Gasteiger partial charge in [-0.2, -0.15) is 0 Å². The third kappa shape index (κ3) is 2.20. The number of nitro groups is 1. The number of nitrogens with zero attached hydrogens (tertiary/aromatic N) is 3. The molecule has 0 aromatic carbocycles. The maximum Gasteiger partial charge on any atom is 0.297 e. The average Bonchev–Trinajstić information content (AvgIpc) is 2.39. The van der Waals surface area contributed by atoms with Crippen LogP contribution in [0, 0.1) is 10.1 Å². The molecule has 0 saturated carbocycles. The molecular weight excluding hydrogens is 222 g/mol. The monoisotopic (exact) mass is 231 g/mol. The van der Waals surface area contributed by atoms with Crippen LogP contribution in [0.5, 0.6) is 5.88 Å². The minimum atomic E-state index is -0.483. The molecule has 0 spiro atoms. The van der Waals surface area contributed by atoms with Gasteiger partial charge >= 0.3 is 0 Å². The summed E-state index contributed by atoms with van der Waals surface area (Å²) in [6, 6.07) is 7.93. The van der Waals surface area contributed by atoms with E-state index in [1.165, 1.54) is 25.4 Å². The van der Waals surface area contributed by atoms with Gasteiger partial charge in [-0.1, -0.05) is 6.07 Å². The lowest BCUT2D eigenvalue weighted by molar-refractivity contribution is -0.384.